The third-order valence-corrected chi connectivity index (χ3v) is 4.63. The highest BCUT2D eigenvalue weighted by Crippen LogP contribution is 2.26. The fraction of sp³-hybridized carbons (Fsp3) is 0.353. The maximum Gasteiger partial charge on any atom is 0.0641 e. The van der Waals surface area contributed by atoms with Crippen LogP contribution in [-0.2, 0) is 6.42 Å². The predicted octanol–water partition coefficient (Wildman–Crippen LogP) is 4.27. The van der Waals surface area contributed by atoms with Gasteiger partial charge in [0.25, 0.3) is 0 Å². The van der Waals surface area contributed by atoms with Crippen LogP contribution in [0, 0.1) is 11.3 Å². The molecule has 0 aliphatic heterocycles. The first-order chi connectivity index (χ1) is 9.72. The van der Waals surface area contributed by atoms with Gasteiger partial charge in [0.2, 0.25) is 0 Å². The molecule has 2 unspecified atom stereocenters. The number of hydrogen-bond acceptors (Lipinski definition) is 3. The van der Waals surface area contributed by atoms with Crippen molar-refractivity contribution in [3.63, 3.8) is 0 Å². The zero-order valence-electron chi connectivity index (χ0n) is 12.0. The number of benzene rings is 1. The van der Waals surface area contributed by atoms with Crippen molar-refractivity contribution in [3.8, 4) is 6.07 Å². The normalized spacial score (nSPS) is 13.9. The second-order valence-electron chi connectivity index (χ2n) is 5.09. The van der Waals surface area contributed by atoms with Gasteiger partial charge in [0.1, 0.15) is 0 Å². The zero-order chi connectivity index (χ0) is 14.4. The molecule has 1 heterocycles. The first kappa shape index (κ1) is 14.8. The van der Waals surface area contributed by atoms with Crippen LogP contribution in [0.1, 0.15) is 29.8 Å². The van der Waals surface area contributed by atoms with E-state index in [4.69, 9.17) is 5.26 Å². The number of thiophene rings is 1. The van der Waals surface area contributed by atoms with Crippen molar-refractivity contribution >= 4 is 11.3 Å². The Balaban J connectivity index is 2.10. The van der Waals surface area contributed by atoms with Crippen LogP contribution in [0.5, 0.6) is 0 Å². The number of hydrogen-bond donors (Lipinski definition) is 0. The maximum absolute atomic E-state index is 9.11. The molecule has 2 aromatic rings. The summed E-state index contributed by atoms with van der Waals surface area (Å²) < 4.78 is 0. The number of rotatable bonds is 6. The quantitative estimate of drug-likeness (QED) is 0.792. The molecule has 0 saturated carbocycles. The molecule has 0 bridgehead atoms. The highest BCUT2D eigenvalue weighted by atomic mass is 32.1. The highest BCUT2D eigenvalue weighted by molar-refractivity contribution is 7.09. The lowest BCUT2D eigenvalue weighted by Gasteiger charge is -2.32. The summed E-state index contributed by atoms with van der Waals surface area (Å²) in [5, 5.41) is 11.2. The van der Waals surface area contributed by atoms with E-state index < -0.39 is 0 Å². The summed E-state index contributed by atoms with van der Waals surface area (Å²) in [5.74, 6) is 0. The molecule has 3 heteroatoms. The molecule has 104 valence electrons. The van der Waals surface area contributed by atoms with E-state index in [0.717, 1.165) is 6.42 Å². The van der Waals surface area contributed by atoms with Gasteiger partial charge in [-0.3, -0.25) is 4.90 Å². The molecule has 0 N–H and O–H groups in total. The van der Waals surface area contributed by atoms with E-state index in [-0.39, 0.29) is 6.04 Å². The van der Waals surface area contributed by atoms with Crippen LogP contribution in [0.4, 0.5) is 0 Å². The van der Waals surface area contributed by atoms with E-state index in [0.29, 0.717) is 12.5 Å². The van der Waals surface area contributed by atoms with E-state index in [2.05, 4.69) is 54.6 Å². The summed E-state index contributed by atoms with van der Waals surface area (Å²) in [6.07, 6.45) is 1.55. The van der Waals surface area contributed by atoms with Gasteiger partial charge in [0.15, 0.2) is 0 Å². The third kappa shape index (κ3) is 3.69. The molecule has 0 fully saturated rings. The molecular weight excluding hydrogens is 264 g/mol. The van der Waals surface area contributed by atoms with Gasteiger partial charge in [-0.1, -0.05) is 36.4 Å². The average molecular weight is 284 g/mol. The minimum absolute atomic E-state index is 0.163. The van der Waals surface area contributed by atoms with Crippen LogP contribution in [0.3, 0.4) is 0 Å². The summed E-state index contributed by atoms with van der Waals surface area (Å²) in [7, 11) is 2.12. The van der Waals surface area contributed by atoms with Gasteiger partial charge < -0.3 is 0 Å². The Labute approximate surface area is 125 Å². The lowest BCUT2D eigenvalue weighted by atomic mass is 10.0. The second kappa shape index (κ2) is 7.23. The molecule has 0 spiro atoms. The third-order valence-electron chi connectivity index (χ3n) is 3.73. The molecule has 2 atom stereocenters. The van der Waals surface area contributed by atoms with Crippen LogP contribution in [0.25, 0.3) is 0 Å². The SMILES string of the molecule is CC(Cc1cccs1)N(C)C(CC#N)c1ccccc1. The number of nitriles is 1. The molecule has 0 amide bonds. The van der Waals surface area contributed by atoms with E-state index in [9.17, 15) is 0 Å². The fourth-order valence-electron chi connectivity index (χ4n) is 2.43. The zero-order valence-corrected chi connectivity index (χ0v) is 12.8. The molecule has 0 radical (unpaired) electrons. The van der Waals surface area contributed by atoms with Gasteiger partial charge in [-0.2, -0.15) is 5.26 Å². The van der Waals surface area contributed by atoms with E-state index in [1.54, 1.807) is 11.3 Å². The molecule has 20 heavy (non-hydrogen) atoms. The Morgan fingerprint density at radius 2 is 1.95 bits per heavy atom. The molecular formula is C17H20N2S. The van der Waals surface area contributed by atoms with E-state index in [1.165, 1.54) is 10.4 Å². The molecule has 2 rings (SSSR count). The van der Waals surface area contributed by atoms with Gasteiger partial charge in [0.05, 0.1) is 12.5 Å². The van der Waals surface area contributed by atoms with Gasteiger partial charge in [-0.25, -0.2) is 0 Å². The van der Waals surface area contributed by atoms with Crippen molar-refractivity contribution in [2.75, 3.05) is 7.05 Å². The Bertz CT molecular complexity index is 542. The van der Waals surface area contributed by atoms with Crippen LogP contribution in [0.15, 0.2) is 47.8 Å². The van der Waals surface area contributed by atoms with E-state index in [1.807, 2.05) is 18.2 Å². The predicted molar refractivity (Wildman–Crippen MR) is 84.7 cm³/mol. The Morgan fingerprint density at radius 1 is 1.20 bits per heavy atom. The van der Waals surface area contributed by atoms with Crippen LogP contribution in [0.2, 0.25) is 0 Å². The highest BCUT2D eigenvalue weighted by Gasteiger charge is 2.21. The van der Waals surface area contributed by atoms with E-state index >= 15 is 0 Å². The summed E-state index contributed by atoms with van der Waals surface area (Å²) in [6, 6.07) is 17.5. The minimum Gasteiger partial charge on any atom is -0.295 e. The summed E-state index contributed by atoms with van der Waals surface area (Å²) >= 11 is 1.80. The molecule has 0 aliphatic rings. The molecule has 2 nitrogen and oxygen atoms in total. The Kier molecular flexibility index (Phi) is 5.34. The summed E-state index contributed by atoms with van der Waals surface area (Å²) in [5.41, 5.74) is 1.22. The average Bonchev–Trinajstić information content (AvgIpc) is 2.98. The van der Waals surface area contributed by atoms with Crippen molar-refractivity contribution in [1.82, 2.24) is 4.90 Å². The largest absolute Gasteiger partial charge is 0.295 e. The van der Waals surface area contributed by atoms with Crippen molar-refractivity contribution in [3.05, 3.63) is 58.3 Å². The summed E-state index contributed by atoms with van der Waals surface area (Å²) in [4.78, 5) is 3.71. The standard InChI is InChI=1S/C17H20N2S/c1-14(13-16-9-6-12-20-16)19(2)17(10-11-18)15-7-4-3-5-8-15/h3-9,12,14,17H,10,13H2,1-2H3. The van der Waals surface area contributed by atoms with Gasteiger partial charge >= 0.3 is 0 Å². The molecule has 1 aromatic carbocycles. The first-order valence-electron chi connectivity index (χ1n) is 6.88. The van der Waals surface area contributed by atoms with Gasteiger partial charge in [0, 0.05) is 17.0 Å². The monoisotopic (exact) mass is 284 g/mol. The van der Waals surface area contributed by atoms with Crippen LogP contribution in [-0.4, -0.2) is 18.0 Å². The van der Waals surface area contributed by atoms with Crippen molar-refractivity contribution in [2.45, 2.75) is 31.8 Å². The van der Waals surface area contributed by atoms with Crippen molar-refractivity contribution in [1.29, 1.82) is 5.26 Å². The maximum atomic E-state index is 9.11. The smallest absolute Gasteiger partial charge is 0.0641 e. The van der Waals surface area contributed by atoms with Crippen molar-refractivity contribution < 1.29 is 0 Å². The lowest BCUT2D eigenvalue weighted by molar-refractivity contribution is 0.186. The number of nitrogens with zero attached hydrogens (tertiary/aromatic N) is 2. The Hall–Kier alpha value is -1.63. The molecule has 0 aliphatic carbocycles. The second-order valence-corrected chi connectivity index (χ2v) is 6.12. The summed E-state index contributed by atoms with van der Waals surface area (Å²) in [6.45, 7) is 2.23. The topological polar surface area (TPSA) is 27.0 Å². The minimum atomic E-state index is 0.163. The fourth-order valence-corrected chi connectivity index (χ4v) is 3.26. The van der Waals surface area contributed by atoms with Gasteiger partial charge in [-0.15, -0.1) is 11.3 Å². The molecule has 1 aromatic heterocycles. The van der Waals surface area contributed by atoms with Crippen LogP contribution >= 0.6 is 11.3 Å². The lowest BCUT2D eigenvalue weighted by Crippen LogP contribution is -2.34. The van der Waals surface area contributed by atoms with Crippen molar-refractivity contribution in [2.24, 2.45) is 0 Å². The first-order valence-corrected chi connectivity index (χ1v) is 7.76. The molecule has 0 saturated heterocycles. The van der Waals surface area contributed by atoms with Crippen LogP contribution < -0.4 is 0 Å². The van der Waals surface area contributed by atoms with Gasteiger partial charge in [-0.05, 0) is 37.4 Å². The number of likely N-dealkylation sites (N-methyl/N-ethyl adjacent to an activating group) is 1. The Morgan fingerprint density at radius 3 is 2.55 bits per heavy atom.